The Morgan fingerprint density at radius 1 is 1.17 bits per heavy atom. The number of piperazine rings is 1. The molecule has 0 amide bonds. The van der Waals surface area contributed by atoms with E-state index < -0.39 is 51.7 Å². The molecule has 5 rings (SSSR count). The molecule has 2 aromatic heterocycles. The minimum absolute atomic E-state index is 0.0518. The summed E-state index contributed by atoms with van der Waals surface area (Å²) in [4.78, 5) is 22.9. The first-order valence-electron chi connectivity index (χ1n) is 13.2. The van der Waals surface area contributed by atoms with Crippen LogP contribution in [0.25, 0.3) is 10.7 Å². The van der Waals surface area contributed by atoms with Crippen molar-refractivity contribution in [2.24, 2.45) is 0 Å². The minimum Gasteiger partial charge on any atom is -0.674 e. The maximum Gasteiger partial charge on any atom is 0.573 e. The highest BCUT2D eigenvalue weighted by Crippen LogP contribution is 2.41. The van der Waals surface area contributed by atoms with Crippen LogP contribution in [0.15, 0.2) is 57.8 Å². The van der Waals surface area contributed by atoms with Crippen LogP contribution in [0.4, 0.5) is 26.3 Å². The van der Waals surface area contributed by atoms with Crippen molar-refractivity contribution in [3.05, 3.63) is 74.9 Å². The van der Waals surface area contributed by atoms with Crippen LogP contribution < -0.4 is 15.6 Å². The van der Waals surface area contributed by atoms with Crippen LogP contribution in [0, 0.1) is 6.92 Å². The van der Waals surface area contributed by atoms with Gasteiger partial charge in [-0.25, -0.2) is 8.42 Å². The smallest absolute Gasteiger partial charge is 0.573 e. The lowest BCUT2D eigenvalue weighted by Gasteiger charge is -2.32. The van der Waals surface area contributed by atoms with Crippen LogP contribution in [-0.2, 0) is 25.2 Å². The maximum absolute atomic E-state index is 12.9. The predicted octanol–water partition coefficient (Wildman–Crippen LogP) is 3.16. The van der Waals surface area contributed by atoms with Crippen LogP contribution in [-0.4, -0.2) is 88.6 Å². The van der Waals surface area contributed by atoms with Crippen LogP contribution in [0.5, 0.6) is 5.75 Å². The van der Waals surface area contributed by atoms with Crippen LogP contribution in [0.1, 0.15) is 17.1 Å². The molecular formula is C25H24F6N7O7S2-. The monoisotopic (exact) mass is 712 g/mol. The zero-order chi connectivity index (χ0) is 34.8. The van der Waals surface area contributed by atoms with Crippen LogP contribution in [0.2, 0.25) is 0 Å². The summed E-state index contributed by atoms with van der Waals surface area (Å²) in [6.45, 7) is 1.55. The fourth-order valence-electron chi connectivity index (χ4n) is 4.37. The Bertz CT molecular complexity index is 1840. The van der Waals surface area contributed by atoms with Gasteiger partial charge in [-0.15, -0.1) is 43.1 Å². The SMILES string of the molecule is Cc1nnc2sc([C@]3(OC(F)(F)F)C=CC(C[NH-])=CC3)nn2c1=O.O=C(O)C1CNCCN1S(=O)(=O)c1ccc(OC(F)(F)F)cc1. The van der Waals surface area contributed by atoms with Crippen molar-refractivity contribution in [1.82, 2.24) is 29.4 Å². The number of benzene rings is 1. The van der Waals surface area contributed by atoms with Crippen molar-refractivity contribution in [3.8, 4) is 5.75 Å². The summed E-state index contributed by atoms with van der Waals surface area (Å²) in [7, 11) is -4.14. The lowest BCUT2D eigenvalue weighted by atomic mass is 9.92. The number of sulfonamides is 1. The summed E-state index contributed by atoms with van der Waals surface area (Å²) in [5.41, 5.74) is 5.51. The van der Waals surface area contributed by atoms with Gasteiger partial charge < -0.3 is 20.9 Å². The molecule has 1 fully saturated rings. The van der Waals surface area contributed by atoms with E-state index in [1.165, 1.54) is 25.2 Å². The third kappa shape index (κ3) is 8.50. The second kappa shape index (κ2) is 13.6. The number of alkyl halides is 6. The Labute approximate surface area is 265 Å². The number of aromatic nitrogens is 4. The summed E-state index contributed by atoms with van der Waals surface area (Å²) < 4.78 is 110. The zero-order valence-electron chi connectivity index (χ0n) is 23.9. The average molecular weight is 713 g/mol. The number of carboxylic acid groups (broad SMARTS) is 1. The molecule has 0 saturated carbocycles. The topological polar surface area (TPSA) is 189 Å². The number of nitrogens with zero attached hydrogens (tertiary/aromatic N) is 5. The van der Waals surface area contributed by atoms with Crippen molar-refractivity contribution < 1.29 is 54.1 Å². The maximum atomic E-state index is 12.9. The number of aliphatic carboxylic acids is 1. The van der Waals surface area contributed by atoms with E-state index >= 15 is 0 Å². The number of halogens is 6. The van der Waals surface area contributed by atoms with Gasteiger partial charge in [-0.3, -0.25) is 14.3 Å². The molecule has 3 N–H and O–H groups in total. The van der Waals surface area contributed by atoms with Gasteiger partial charge in [0.25, 0.3) is 5.56 Å². The van der Waals surface area contributed by atoms with Gasteiger partial charge in [-0.05, 0) is 37.3 Å². The van der Waals surface area contributed by atoms with Crippen LogP contribution >= 0.6 is 11.3 Å². The molecule has 1 saturated heterocycles. The molecule has 3 aromatic rings. The molecule has 256 valence electrons. The molecule has 0 spiro atoms. The van der Waals surface area contributed by atoms with Crippen molar-refractivity contribution >= 4 is 32.3 Å². The molecule has 2 aliphatic rings. The Morgan fingerprint density at radius 3 is 2.40 bits per heavy atom. The second-order valence-electron chi connectivity index (χ2n) is 9.82. The lowest BCUT2D eigenvalue weighted by Crippen LogP contribution is -2.56. The fourth-order valence-corrected chi connectivity index (χ4v) is 6.91. The van der Waals surface area contributed by atoms with Gasteiger partial charge in [-0.2, -0.15) is 13.9 Å². The molecule has 0 radical (unpaired) electrons. The summed E-state index contributed by atoms with van der Waals surface area (Å²) in [5.74, 6) is -1.87. The predicted molar refractivity (Wildman–Crippen MR) is 151 cm³/mol. The number of hydrogen-bond donors (Lipinski definition) is 2. The van der Waals surface area contributed by atoms with E-state index in [-0.39, 0.29) is 53.2 Å². The number of ether oxygens (including phenoxy) is 2. The average Bonchev–Trinajstić information content (AvgIpc) is 3.45. The van der Waals surface area contributed by atoms with E-state index in [9.17, 15) is 44.3 Å². The van der Waals surface area contributed by atoms with Crippen molar-refractivity contribution in [2.45, 2.75) is 42.6 Å². The molecule has 1 unspecified atom stereocenters. The first-order valence-corrected chi connectivity index (χ1v) is 15.5. The summed E-state index contributed by atoms with van der Waals surface area (Å²) in [6.07, 6.45) is -5.83. The molecule has 3 heterocycles. The highest BCUT2D eigenvalue weighted by atomic mass is 32.2. The fraction of sp³-hybridized carbons (Fsp3) is 0.400. The van der Waals surface area contributed by atoms with E-state index in [4.69, 9.17) is 10.8 Å². The Balaban J connectivity index is 0.000000213. The Kier molecular flexibility index (Phi) is 10.4. The van der Waals surface area contributed by atoms with Crippen LogP contribution in [0.3, 0.4) is 0 Å². The molecule has 47 heavy (non-hydrogen) atoms. The van der Waals surface area contributed by atoms with Gasteiger partial charge in [-0.1, -0.05) is 29.1 Å². The van der Waals surface area contributed by atoms with E-state index in [2.05, 4.69) is 30.1 Å². The number of nitrogens with one attached hydrogen (secondary N) is 2. The number of carbonyl (C=O) groups is 1. The zero-order valence-corrected chi connectivity index (χ0v) is 25.5. The molecule has 0 bridgehead atoms. The number of rotatable bonds is 7. The molecule has 1 aliphatic heterocycles. The third-order valence-corrected chi connectivity index (χ3v) is 9.57. The molecule has 1 aromatic carbocycles. The largest absolute Gasteiger partial charge is 0.674 e. The molecular weight excluding hydrogens is 688 g/mol. The van der Waals surface area contributed by atoms with Crippen molar-refractivity contribution in [3.63, 3.8) is 0 Å². The van der Waals surface area contributed by atoms with E-state index in [1.807, 2.05) is 0 Å². The molecule has 14 nitrogen and oxygen atoms in total. The van der Waals surface area contributed by atoms with E-state index in [0.29, 0.717) is 5.57 Å². The minimum atomic E-state index is -4.90. The summed E-state index contributed by atoms with van der Waals surface area (Å²) >= 11 is 0.801. The van der Waals surface area contributed by atoms with Gasteiger partial charge in [0.2, 0.25) is 15.0 Å². The second-order valence-corrected chi connectivity index (χ2v) is 12.7. The number of aryl methyl sites for hydroxylation is 1. The van der Waals surface area contributed by atoms with Gasteiger partial charge in [0.15, 0.2) is 10.6 Å². The number of hydrogen-bond acceptors (Lipinski definition) is 11. The van der Waals surface area contributed by atoms with Crippen molar-refractivity contribution in [2.75, 3.05) is 26.2 Å². The molecule has 22 heteroatoms. The highest BCUT2D eigenvalue weighted by Gasteiger charge is 2.46. The summed E-state index contributed by atoms with van der Waals surface area (Å²) in [5, 5.41) is 23.2. The highest BCUT2D eigenvalue weighted by molar-refractivity contribution is 7.89. The normalized spacial score (nSPS) is 20.8. The standard InChI is InChI=1S/C13H11F3N5O2S.C12H13F3N2O5S/c1-7-9(22)21-11(19-18-7)24-10(20-21)12(23-13(14,15)16)4-2-8(6-17)3-5-12;13-12(14,15)22-8-1-3-9(4-2-8)23(20,21)17-6-5-16-7-10(17)11(18)19/h2-4,17H,5-6H2,1H3;1-4,10,16H,5-7H2,(H,18,19)/q-1;/t12-;/m0./s1. The number of fused-ring (bicyclic) bond motifs is 1. The first-order chi connectivity index (χ1) is 21.8. The van der Waals surface area contributed by atoms with E-state index in [0.717, 1.165) is 44.4 Å². The Morgan fingerprint density at radius 2 is 1.85 bits per heavy atom. The van der Waals surface area contributed by atoms with Gasteiger partial charge >= 0.3 is 18.7 Å². The Hall–Kier alpha value is -3.96. The molecule has 1 aliphatic carbocycles. The first kappa shape index (κ1) is 35.9. The van der Waals surface area contributed by atoms with E-state index in [1.54, 1.807) is 0 Å². The van der Waals surface area contributed by atoms with Gasteiger partial charge in [0.05, 0.1) is 4.90 Å². The summed E-state index contributed by atoms with van der Waals surface area (Å²) in [6, 6.07) is 2.32. The lowest BCUT2D eigenvalue weighted by molar-refractivity contribution is -0.361. The number of carboxylic acids is 1. The van der Waals surface area contributed by atoms with Gasteiger partial charge in [0, 0.05) is 26.1 Å². The molecule has 2 atom stereocenters. The third-order valence-electron chi connectivity index (χ3n) is 6.59. The quantitative estimate of drug-likeness (QED) is 0.343. The van der Waals surface area contributed by atoms with Gasteiger partial charge in [0.1, 0.15) is 17.5 Å². The van der Waals surface area contributed by atoms with Crippen molar-refractivity contribution in [1.29, 1.82) is 0 Å².